The van der Waals surface area contributed by atoms with Gasteiger partial charge in [-0.2, -0.15) is 0 Å². The summed E-state index contributed by atoms with van der Waals surface area (Å²) in [5.41, 5.74) is 0. The summed E-state index contributed by atoms with van der Waals surface area (Å²) in [4.78, 5) is 11.3. The Bertz CT molecular complexity index is 419. The lowest BCUT2D eigenvalue weighted by molar-refractivity contribution is 0.529. The Balaban J connectivity index is 2.28. The molecule has 19 heavy (non-hydrogen) atoms. The van der Waals surface area contributed by atoms with Crippen molar-refractivity contribution in [3.63, 3.8) is 0 Å². The molecule has 3 nitrogen and oxygen atoms in total. The molecule has 106 valence electrons. The zero-order valence-corrected chi connectivity index (χ0v) is 13.5. The van der Waals surface area contributed by atoms with Gasteiger partial charge in [-0.25, -0.2) is 9.97 Å². The maximum Gasteiger partial charge on any atom is 0.190 e. The molecule has 1 heterocycles. The molecule has 0 aliphatic heterocycles. The van der Waals surface area contributed by atoms with Crippen molar-refractivity contribution >= 4 is 29.2 Å². The fourth-order valence-electron chi connectivity index (χ4n) is 2.66. The Morgan fingerprint density at radius 3 is 2.63 bits per heavy atom. The third-order valence-corrected chi connectivity index (χ3v) is 4.21. The van der Waals surface area contributed by atoms with Crippen LogP contribution in [-0.4, -0.2) is 28.8 Å². The van der Waals surface area contributed by atoms with Crippen molar-refractivity contribution < 1.29 is 0 Å². The van der Waals surface area contributed by atoms with Crippen LogP contribution in [0.5, 0.6) is 0 Å². The quantitative estimate of drug-likeness (QED) is 0.461. The molecule has 0 N–H and O–H groups in total. The van der Waals surface area contributed by atoms with Crippen molar-refractivity contribution in [3.8, 4) is 0 Å². The van der Waals surface area contributed by atoms with E-state index in [1.165, 1.54) is 25.7 Å². The lowest BCUT2D eigenvalue weighted by atomic mass is 10.1. The Morgan fingerprint density at radius 1 is 1.37 bits per heavy atom. The van der Waals surface area contributed by atoms with E-state index in [9.17, 15) is 0 Å². The second-order valence-corrected chi connectivity index (χ2v) is 6.68. The van der Waals surface area contributed by atoms with Crippen LogP contribution in [0.3, 0.4) is 0 Å². The summed E-state index contributed by atoms with van der Waals surface area (Å²) in [5, 5.41) is 1.30. The van der Waals surface area contributed by atoms with Gasteiger partial charge < -0.3 is 4.90 Å². The summed E-state index contributed by atoms with van der Waals surface area (Å²) >= 11 is 7.67. The van der Waals surface area contributed by atoms with Gasteiger partial charge >= 0.3 is 0 Å². The summed E-state index contributed by atoms with van der Waals surface area (Å²) < 4.78 is 0. The second kappa shape index (κ2) is 6.80. The maximum atomic E-state index is 6.12. The van der Waals surface area contributed by atoms with E-state index in [-0.39, 0.29) is 0 Å². The van der Waals surface area contributed by atoms with E-state index in [4.69, 9.17) is 11.6 Å². The third kappa shape index (κ3) is 3.99. The van der Waals surface area contributed by atoms with E-state index in [1.54, 1.807) is 11.8 Å². The molecule has 2 rings (SSSR count). The first-order valence-corrected chi connectivity index (χ1v) is 8.55. The Hall–Kier alpha value is -0.480. The van der Waals surface area contributed by atoms with Gasteiger partial charge in [-0.3, -0.25) is 0 Å². The lowest BCUT2D eigenvalue weighted by Crippen LogP contribution is -2.37. The van der Waals surface area contributed by atoms with Gasteiger partial charge in [0.15, 0.2) is 5.16 Å². The van der Waals surface area contributed by atoms with Crippen LogP contribution in [0.15, 0.2) is 11.2 Å². The van der Waals surface area contributed by atoms with Crippen LogP contribution in [0.2, 0.25) is 5.15 Å². The van der Waals surface area contributed by atoms with Gasteiger partial charge in [-0.15, -0.1) is 0 Å². The van der Waals surface area contributed by atoms with Gasteiger partial charge in [0.25, 0.3) is 0 Å². The Kier molecular flexibility index (Phi) is 5.34. The number of rotatable bonds is 5. The van der Waals surface area contributed by atoms with Crippen molar-refractivity contribution in [2.45, 2.75) is 50.7 Å². The topological polar surface area (TPSA) is 29.0 Å². The molecule has 1 aliphatic rings. The highest BCUT2D eigenvalue weighted by Crippen LogP contribution is 2.30. The molecule has 1 aliphatic carbocycles. The van der Waals surface area contributed by atoms with Crippen LogP contribution in [0.25, 0.3) is 0 Å². The minimum Gasteiger partial charge on any atom is -0.353 e. The average Bonchev–Trinajstić information content (AvgIpc) is 2.88. The van der Waals surface area contributed by atoms with Gasteiger partial charge in [0.05, 0.1) is 0 Å². The molecule has 1 aromatic heterocycles. The van der Waals surface area contributed by atoms with Crippen LogP contribution < -0.4 is 4.90 Å². The van der Waals surface area contributed by atoms with Crippen molar-refractivity contribution in [1.29, 1.82) is 0 Å². The van der Waals surface area contributed by atoms with Crippen LogP contribution in [0, 0.1) is 5.92 Å². The van der Waals surface area contributed by atoms with Crippen molar-refractivity contribution in [2.75, 3.05) is 17.7 Å². The number of hydrogen-bond acceptors (Lipinski definition) is 4. The largest absolute Gasteiger partial charge is 0.353 e. The molecule has 0 aromatic carbocycles. The molecule has 0 unspecified atom stereocenters. The summed E-state index contributed by atoms with van der Waals surface area (Å²) in [6, 6.07) is 2.52. The van der Waals surface area contributed by atoms with Crippen LogP contribution in [-0.2, 0) is 0 Å². The smallest absolute Gasteiger partial charge is 0.190 e. The van der Waals surface area contributed by atoms with E-state index in [0.717, 1.165) is 17.5 Å². The molecule has 1 saturated carbocycles. The van der Waals surface area contributed by atoms with Crippen LogP contribution in [0.1, 0.15) is 39.5 Å². The number of anilines is 1. The second-order valence-electron chi connectivity index (χ2n) is 5.52. The van der Waals surface area contributed by atoms with Crippen molar-refractivity contribution in [3.05, 3.63) is 11.2 Å². The first kappa shape index (κ1) is 14.9. The standard InChI is InChI=1S/C14H22ClN3S/c1-10(2)9-18(11-6-4-5-7-11)13-8-12(15)16-14(17-13)19-3/h8,10-11H,4-7,9H2,1-3H3. The molecule has 0 saturated heterocycles. The molecule has 0 atom stereocenters. The SMILES string of the molecule is CSc1nc(Cl)cc(N(CC(C)C)C2CCCC2)n1. The first-order valence-electron chi connectivity index (χ1n) is 6.95. The zero-order valence-electron chi connectivity index (χ0n) is 11.9. The van der Waals surface area contributed by atoms with Gasteiger partial charge in [0.2, 0.25) is 0 Å². The van der Waals surface area contributed by atoms with Crippen LogP contribution >= 0.6 is 23.4 Å². The van der Waals surface area contributed by atoms with E-state index < -0.39 is 0 Å². The average molecular weight is 300 g/mol. The molecule has 0 radical (unpaired) electrons. The predicted molar refractivity (Wildman–Crippen MR) is 83.3 cm³/mol. The molecule has 1 fully saturated rings. The molecule has 0 amide bonds. The fraction of sp³-hybridized carbons (Fsp3) is 0.714. The summed E-state index contributed by atoms with van der Waals surface area (Å²) in [6.45, 7) is 5.53. The van der Waals surface area contributed by atoms with E-state index in [0.29, 0.717) is 17.1 Å². The number of hydrogen-bond donors (Lipinski definition) is 0. The van der Waals surface area contributed by atoms with E-state index >= 15 is 0 Å². The summed E-state index contributed by atoms with van der Waals surface area (Å²) in [7, 11) is 0. The highest BCUT2D eigenvalue weighted by atomic mass is 35.5. The first-order chi connectivity index (χ1) is 9.10. The van der Waals surface area contributed by atoms with E-state index in [1.807, 2.05) is 12.3 Å². The normalized spacial score (nSPS) is 16.3. The number of thioether (sulfide) groups is 1. The number of nitrogens with zero attached hydrogens (tertiary/aromatic N) is 3. The minimum absolute atomic E-state index is 0.543. The van der Waals surface area contributed by atoms with Crippen molar-refractivity contribution in [2.24, 2.45) is 5.92 Å². The van der Waals surface area contributed by atoms with Gasteiger partial charge in [0.1, 0.15) is 11.0 Å². The zero-order chi connectivity index (χ0) is 13.8. The fourth-order valence-corrected chi connectivity index (χ4v) is 3.27. The molecular weight excluding hydrogens is 278 g/mol. The maximum absolute atomic E-state index is 6.12. The highest BCUT2D eigenvalue weighted by molar-refractivity contribution is 7.98. The van der Waals surface area contributed by atoms with E-state index in [2.05, 4.69) is 28.7 Å². The highest BCUT2D eigenvalue weighted by Gasteiger charge is 2.25. The lowest BCUT2D eigenvalue weighted by Gasteiger charge is -2.31. The van der Waals surface area contributed by atoms with Gasteiger partial charge in [0, 0.05) is 18.7 Å². The molecule has 0 spiro atoms. The molecule has 5 heteroatoms. The monoisotopic (exact) mass is 299 g/mol. The van der Waals surface area contributed by atoms with Gasteiger partial charge in [-0.05, 0) is 25.0 Å². The Morgan fingerprint density at radius 2 is 2.05 bits per heavy atom. The molecule has 0 bridgehead atoms. The predicted octanol–water partition coefficient (Wildman–Crippen LogP) is 4.26. The molecule has 1 aromatic rings. The summed E-state index contributed by atoms with van der Waals surface area (Å²) in [6.07, 6.45) is 7.17. The number of aromatic nitrogens is 2. The Labute approximate surface area is 125 Å². The minimum atomic E-state index is 0.543. The molecular formula is C14H22ClN3S. The van der Waals surface area contributed by atoms with Gasteiger partial charge in [-0.1, -0.05) is 50.1 Å². The van der Waals surface area contributed by atoms with Crippen LogP contribution in [0.4, 0.5) is 5.82 Å². The van der Waals surface area contributed by atoms with Crippen molar-refractivity contribution in [1.82, 2.24) is 9.97 Å². The summed E-state index contributed by atoms with van der Waals surface area (Å²) in [5.74, 6) is 1.61. The number of halogens is 1. The third-order valence-electron chi connectivity index (χ3n) is 3.47.